The minimum atomic E-state index is -0.110. The van der Waals surface area contributed by atoms with Crippen molar-refractivity contribution in [2.45, 2.75) is 6.42 Å². The molecule has 0 radical (unpaired) electrons. The molecule has 3 aromatic rings. The lowest BCUT2D eigenvalue weighted by molar-refractivity contribution is 0.887. The van der Waals surface area contributed by atoms with Gasteiger partial charge in [-0.2, -0.15) is 0 Å². The average Bonchev–Trinajstić information content (AvgIpc) is 2.48. The number of H-pyrrole nitrogens is 1. The first-order chi connectivity index (χ1) is 9.83. The Morgan fingerprint density at radius 1 is 1.10 bits per heavy atom. The van der Waals surface area contributed by atoms with Crippen molar-refractivity contribution in [2.24, 2.45) is 0 Å². The summed E-state index contributed by atoms with van der Waals surface area (Å²) >= 11 is 0. The van der Waals surface area contributed by atoms with E-state index in [4.69, 9.17) is 0 Å². The number of aromatic nitrogens is 4. The largest absolute Gasteiger partial charge is 0.354 e. The Kier molecular flexibility index (Phi) is 3.36. The van der Waals surface area contributed by atoms with Gasteiger partial charge in [0.15, 0.2) is 0 Å². The van der Waals surface area contributed by atoms with Crippen LogP contribution in [0.15, 0.2) is 47.5 Å². The average molecular weight is 267 g/mol. The van der Waals surface area contributed by atoms with E-state index in [1.54, 1.807) is 24.5 Å². The highest BCUT2D eigenvalue weighted by Gasteiger charge is 2.03. The molecule has 0 saturated heterocycles. The topological polar surface area (TPSA) is 83.6 Å². The number of rotatable bonds is 4. The Bertz CT molecular complexity index is 769. The van der Waals surface area contributed by atoms with Crippen molar-refractivity contribution in [1.82, 2.24) is 19.9 Å². The molecular formula is C14H13N5O. The highest BCUT2D eigenvalue weighted by Crippen LogP contribution is 2.05. The molecule has 0 amide bonds. The third-order valence-corrected chi connectivity index (χ3v) is 2.87. The number of anilines is 1. The molecule has 0 unspecified atom stereocenters. The van der Waals surface area contributed by atoms with E-state index in [0.717, 1.165) is 0 Å². The van der Waals surface area contributed by atoms with Crippen molar-refractivity contribution >= 4 is 16.9 Å². The standard InChI is InChI=1S/C14H13N5O/c20-13-10-4-1-2-5-11(10)18-12(19-13)6-9-17-14-15-7-3-8-16-14/h1-5,7-8H,6,9H2,(H,15,16,17)(H,18,19,20). The molecule has 1 aromatic carbocycles. The Balaban J connectivity index is 1.73. The first-order valence-electron chi connectivity index (χ1n) is 6.32. The third-order valence-electron chi connectivity index (χ3n) is 2.87. The number of aromatic amines is 1. The van der Waals surface area contributed by atoms with E-state index in [9.17, 15) is 4.79 Å². The zero-order valence-electron chi connectivity index (χ0n) is 10.7. The second-order valence-electron chi connectivity index (χ2n) is 4.28. The van der Waals surface area contributed by atoms with E-state index in [-0.39, 0.29) is 5.56 Å². The van der Waals surface area contributed by atoms with E-state index < -0.39 is 0 Å². The van der Waals surface area contributed by atoms with E-state index in [1.807, 2.05) is 18.2 Å². The highest BCUT2D eigenvalue weighted by molar-refractivity contribution is 5.77. The van der Waals surface area contributed by atoms with Gasteiger partial charge < -0.3 is 10.3 Å². The maximum absolute atomic E-state index is 11.9. The lowest BCUT2D eigenvalue weighted by Gasteiger charge is -2.04. The van der Waals surface area contributed by atoms with Gasteiger partial charge in [0.05, 0.1) is 10.9 Å². The van der Waals surface area contributed by atoms with Crippen molar-refractivity contribution in [3.8, 4) is 0 Å². The molecule has 0 aliphatic rings. The quantitative estimate of drug-likeness (QED) is 0.746. The minimum absolute atomic E-state index is 0.110. The van der Waals surface area contributed by atoms with Gasteiger partial charge in [0.25, 0.3) is 5.56 Å². The summed E-state index contributed by atoms with van der Waals surface area (Å²) in [7, 11) is 0. The van der Waals surface area contributed by atoms with Crippen molar-refractivity contribution in [2.75, 3.05) is 11.9 Å². The molecule has 0 fully saturated rings. The lowest BCUT2D eigenvalue weighted by Crippen LogP contribution is -2.15. The second kappa shape index (κ2) is 5.48. The number of para-hydroxylation sites is 1. The van der Waals surface area contributed by atoms with Crippen LogP contribution in [0.3, 0.4) is 0 Å². The van der Waals surface area contributed by atoms with Gasteiger partial charge in [-0.15, -0.1) is 0 Å². The van der Waals surface area contributed by atoms with Gasteiger partial charge in [-0.3, -0.25) is 4.79 Å². The van der Waals surface area contributed by atoms with Crippen LogP contribution in [0, 0.1) is 0 Å². The Morgan fingerprint density at radius 3 is 2.75 bits per heavy atom. The van der Waals surface area contributed by atoms with E-state index in [2.05, 4.69) is 25.3 Å². The third kappa shape index (κ3) is 2.64. The second-order valence-corrected chi connectivity index (χ2v) is 4.28. The number of nitrogens with zero attached hydrogens (tertiary/aromatic N) is 3. The minimum Gasteiger partial charge on any atom is -0.354 e. The van der Waals surface area contributed by atoms with Crippen LogP contribution < -0.4 is 10.9 Å². The van der Waals surface area contributed by atoms with Gasteiger partial charge in [0.2, 0.25) is 5.95 Å². The van der Waals surface area contributed by atoms with Gasteiger partial charge in [0.1, 0.15) is 5.82 Å². The molecule has 2 N–H and O–H groups in total. The Hall–Kier alpha value is -2.76. The van der Waals surface area contributed by atoms with Crippen LogP contribution in [0.2, 0.25) is 0 Å². The molecule has 0 aliphatic carbocycles. The van der Waals surface area contributed by atoms with Gasteiger partial charge >= 0.3 is 0 Å². The van der Waals surface area contributed by atoms with Crippen LogP contribution in [-0.4, -0.2) is 26.5 Å². The van der Waals surface area contributed by atoms with Gasteiger partial charge in [-0.1, -0.05) is 12.1 Å². The number of hydrogen-bond donors (Lipinski definition) is 2. The van der Waals surface area contributed by atoms with Gasteiger partial charge in [-0.05, 0) is 18.2 Å². The summed E-state index contributed by atoms with van der Waals surface area (Å²) in [5, 5.41) is 3.68. The predicted octanol–water partition coefficient (Wildman–Crippen LogP) is 1.37. The summed E-state index contributed by atoms with van der Waals surface area (Å²) < 4.78 is 0. The smallest absolute Gasteiger partial charge is 0.258 e. The number of benzene rings is 1. The summed E-state index contributed by atoms with van der Waals surface area (Å²) in [4.78, 5) is 27.2. The van der Waals surface area contributed by atoms with Gasteiger partial charge in [-0.25, -0.2) is 15.0 Å². The fourth-order valence-corrected chi connectivity index (χ4v) is 1.94. The summed E-state index contributed by atoms with van der Waals surface area (Å²) in [6.07, 6.45) is 3.94. The molecule has 6 heteroatoms. The molecule has 3 rings (SSSR count). The maximum Gasteiger partial charge on any atom is 0.258 e. The van der Waals surface area contributed by atoms with Crippen LogP contribution in [0.1, 0.15) is 5.82 Å². The van der Waals surface area contributed by atoms with Crippen LogP contribution in [0.5, 0.6) is 0 Å². The van der Waals surface area contributed by atoms with E-state index in [1.165, 1.54) is 0 Å². The monoisotopic (exact) mass is 267 g/mol. The molecular weight excluding hydrogens is 254 g/mol. The molecule has 6 nitrogen and oxygen atoms in total. The maximum atomic E-state index is 11.9. The van der Waals surface area contributed by atoms with Crippen molar-refractivity contribution in [1.29, 1.82) is 0 Å². The SMILES string of the molecule is O=c1[nH]c(CCNc2ncccn2)nc2ccccc12. The zero-order valence-corrected chi connectivity index (χ0v) is 10.7. The molecule has 2 aromatic heterocycles. The molecule has 0 saturated carbocycles. The van der Waals surface area contributed by atoms with Crippen LogP contribution >= 0.6 is 0 Å². The molecule has 0 spiro atoms. The molecule has 0 atom stereocenters. The summed E-state index contributed by atoms with van der Waals surface area (Å²) in [5.74, 6) is 1.22. The summed E-state index contributed by atoms with van der Waals surface area (Å²) in [6.45, 7) is 0.602. The van der Waals surface area contributed by atoms with Crippen LogP contribution in [0.25, 0.3) is 10.9 Å². The molecule has 2 heterocycles. The normalized spacial score (nSPS) is 10.6. The highest BCUT2D eigenvalue weighted by atomic mass is 16.1. The molecule has 0 aliphatic heterocycles. The fourth-order valence-electron chi connectivity index (χ4n) is 1.94. The molecule has 20 heavy (non-hydrogen) atoms. The predicted molar refractivity (Wildman–Crippen MR) is 76.6 cm³/mol. The van der Waals surface area contributed by atoms with Gasteiger partial charge in [0, 0.05) is 25.4 Å². The van der Waals surface area contributed by atoms with Crippen LogP contribution in [0.4, 0.5) is 5.95 Å². The Labute approximate surface area is 114 Å². The number of hydrogen-bond acceptors (Lipinski definition) is 5. The first kappa shape index (κ1) is 12.3. The molecule has 100 valence electrons. The van der Waals surface area contributed by atoms with Crippen LogP contribution in [-0.2, 0) is 6.42 Å². The summed E-state index contributed by atoms with van der Waals surface area (Å²) in [6, 6.07) is 9.05. The first-order valence-corrected chi connectivity index (χ1v) is 6.32. The van der Waals surface area contributed by atoms with Crippen molar-refractivity contribution < 1.29 is 0 Å². The lowest BCUT2D eigenvalue weighted by atomic mass is 10.2. The summed E-state index contributed by atoms with van der Waals surface area (Å²) in [5.41, 5.74) is 0.601. The zero-order chi connectivity index (χ0) is 13.8. The fraction of sp³-hybridized carbons (Fsp3) is 0.143. The van der Waals surface area contributed by atoms with E-state index in [0.29, 0.717) is 35.6 Å². The number of nitrogens with one attached hydrogen (secondary N) is 2. The van der Waals surface area contributed by atoms with Crippen molar-refractivity contribution in [3.05, 3.63) is 58.9 Å². The van der Waals surface area contributed by atoms with Crippen molar-refractivity contribution in [3.63, 3.8) is 0 Å². The number of fused-ring (bicyclic) bond motifs is 1. The molecule has 0 bridgehead atoms. The van der Waals surface area contributed by atoms with E-state index >= 15 is 0 Å². The Morgan fingerprint density at radius 2 is 1.90 bits per heavy atom.